The summed E-state index contributed by atoms with van der Waals surface area (Å²) in [5.41, 5.74) is 2.37. The SMILES string of the molecule is Cl.NNC(=O)Nc1ccc(F)cc1. The van der Waals surface area contributed by atoms with Gasteiger partial charge >= 0.3 is 6.03 Å². The van der Waals surface area contributed by atoms with Crippen LogP contribution < -0.4 is 16.6 Å². The van der Waals surface area contributed by atoms with Crippen molar-refractivity contribution in [2.45, 2.75) is 0 Å². The van der Waals surface area contributed by atoms with Crippen molar-refractivity contribution in [3.63, 3.8) is 0 Å². The molecule has 1 rings (SSSR count). The van der Waals surface area contributed by atoms with E-state index in [2.05, 4.69) is 5.32 Å². The van der Waals surface area contributed by atoms with E-state index in [4.69, 9.17) is 5.84 Å². The average molecular weight is 206 g/mol. The van der Waals surface area contributed by atoms with Crippen molar-refractivity contribution in [3.8, 4) is 0 Å². The van der Waals surface area contributed by atoms with Gasteiger partial charge in [0, 0.05) is 5.69 Å². The first-order valence-electron chi connectivity index (χ1n) is 3.25. The maximum atomic E-state index is 12.4. The summed E-state index contributed by atoms with van der Waals surface area (Å²) in [6.07, 6.45) is 0. The molecule has 0 aliphatic rings. The minimum absolute atomic E-state index is 0. The van der Waals surface area contributed by atoms with Crippen LogP contribution in [0.1, 0.15) is 0 Å². The lowest BCUT2D eigenvalue weighted by Gasteiger charge is -2.02. The number of nitrogens with two attached hydrogens (primary N) is 1. The monoisotopic (exact) mass is 205 g/mol. The third kappa shape index (κ3) is 3.73. The Morgan fingerprint density at radius 2 is 1.85 bits per heavy atom. The molecule has 0 unspecified atom stereocenters. The number of hydrazine groups is 1. The number of anilines is 1. The molecule has 0 aliphatic carbocycles. The Morgan fingerprint density at radius 1 is 1.31 bits per heavy atom. The Kier molecular flexibility index (Phi) is 4.79. The first-order valence-corrected chi connectivity index (χ1v) is 3.25. The topological polar surface area (TPSA) is 67.1 Å². The molecule has 4 nitrogen and oxygen atoms in total. The number of hydrogen-bond donors (Lipinski definition) is 3. The third-order valence-electron chi connectivity index (χ3n) is 1.23. The number of urea groups is 1. The van der Waals surface area contributed by atoms with Crippen LogP contribution in [-0.2, 0) is 0 Å². The number of nitrogens with one attached hydrogen (secondary N) is 2. The predicted octanol–water partition coefficient (Wildman–Crippen LogP) is 1.24. The highest BCUT2D eigenvalue weighted by Crippen LogP contribution is 2.07. The van der Waals surface area contributed by atoms with Crippen molar-refractivity contribution in [2.24, 2.45) is 5.84 Å². The molecule has 0 bridgehead atoms. The van der Waals surface area contributed by atoms with Crippen LogP contribution in [0.3, 0.4) is 0 Å². The molecule has 1 aromatic carbocycles. The summed E-state index contributed by atoms with van der Waals surface area (Å²) in [5.74, 6) is 4.46. The second kappa shape index (κ2) is 5.34. The molecule has 72 valence electrons. The fraction of sp³-hybridized carbons (Fsp3) is 0. The molecule has 4 N–H and O–H groups in total. The molecule has 2 amide bonds. The number of halogens is 2. The number of hydrogen-bond acceptors (Lipinski definition) is 2. The minimum atomic E-state index is -0.540. The van der Waals surface area contributed by atoms with Crippen molar-refractivity contribution >= 4 is 24.1 Å². The van der Waals surface area contributed by atoms with Crippen LogP contribution >= 0.6 is 12.4 Å². The molecule has 0 aromatic heterocycles. The molecule has 1 aromatic rings. The summed E-state index contributed by atoms with van der Waals surface area (Å²) in [6.45, 7) is 0. The zero-order chi connectivity index (χ0) is 8.97. The lowest BCUT2D eigenvalue weighted by Crippen LogP contribution is -2.34. The van der Waals surface area contributed by atoms with E-state index in [-0.39, 0.29) is 18.2 Å². The molecule has 0 fully saturated rings. The number of rotatable bonds is 1. The summed E-state index contributed by atoms with van der Waals surface area (Å²) in [4.78, 5) is 10.6. The van der Waals surface area contributed by atoms with Gasteiger partial charge in [-0.2, -0.15) is 0 Å². The van der Waals surface area contributed by atoms with E-state index < -0.39 is 6.03 Å². The molecule has 0 heterocycles. The molecule has 0 atom stereocenters. The van der Waals surface area contributed by atoms with Gasteiger partial charge in [0.1, 0.15) is 5.82 Å². The minimum Gasteiger partial charge on any atom is -0.307 e. The summed E-state index contributed by atoms with van der Waals surface area (Å²) < 4.78 is 12.4. The molecular formula is C7H9ClFN3O. The van der Waals surface area contributed by atoms with E-state index in [1.807, 2.05) is 5.43 Å². The Balaban J connectivity index is 0.00000144. The van der Waals surface area contributed by atoms with E-state index in [1.54, 1.807) is 0 Å². The van der Waals surface area contributed by atoms with Gasteiger partial charge in [-0.3, -0.25) is 5.43 Å². The summed E-state index contributed by atoms with van der Waals surface area (Å²) in [5, 5.41) is 2.38. The summed E-state index contributed by atoms with van der Waals surface area (Å²) in [7, 11) is 0. The van der Waals surface area contributed by atoms with Gasteiger partial charge in [-0.25, -0.2) is 15.0 Å². The van der Waals surface area contributed by atoms with Gasteiger partial charge in [0.25, 0.3) is 0 Å². The Hall–Kier alpha value is -1.33. The molecule has 13 heavy (non-hydrogen) atoms. The molecule has 0 aliphatic heterocycles. The Bertz CT molecular complexity index is 278. The van der Waals surface area contributed by atoms with Crippen molar-refractivity contribution < 1.29 is 9.18 Å². The van der Waals surface area contributed by atoms with Crippen molar-refractivity contribution in [1.82, 2.24) is 5.43 Å². The van der Waals surface area contributed by atoms with E-state index in [1.165, 1.54) is 24.3 Å². The van der Waals surface area contributed by atoms with Gasteiger partial charge in [-0.1, -0.05) is 0 Å². The van der Waals surface area contributed by atoms with Crippen molar-refractivity contribution in [2.75, 3.05) is 5.32 Å². The van der Waals surface area contributed by atoms with Crippen LogP contribution in [0.5, 0.6) is 0 Å². The quantitative estimate of drug-likeness (QED) is 0.367. The molecule has 0 saturated carbocycles. The first-order chi connectivity index (χ1) is 5.72. The van der Waals surface area contributed by atoms with Crippen molar-refractivity contribution in [3.05, 3.63) is 30.1 Å². The summed E-state index contributed by atoms with van der Waals surface area (Å²) in [6, 6.07) is 4.81. The smallest absolute Gasteiger partial charge is 0.307 e. The fourth-order valence-corrected chi connectivity index (χ4v) is 0.700. The fourth-order valence-electron chi connectivity index (χ4n) is 0.700. The number of carbonyl (C=O) groups is 1. The van der Waals surface area contributed by atoms with Gasteiger partial charge < -0.3 is 5.32 Å². The standard InChI is InChI=1S/C7H8FN3O.ClH/c8-5-1-3-6(4-2-5)10-7(12)11-9;/h1-4H,9H2,(H2,10,11,12);1H. The van der Waals surface area contributed by atoms with Crippen LogP contribution in [0.2, 0.25) is 0 Å². The summed E-state index contributed by atoms with van der Waals surface area (Å²) >= 11 is 0. The first kappa shape index (κ1) is 11.7. The van der Waals surface area contributed by atoms with Gasteiger partial charge in [0.05, 0.1) is 0 Å². The van der Waals surface area contributed by atoms with E-state index >= 15 is 0 Å². The van der Waals surface area contributed by atoms with Crippen LogP contribution in [0.15, 0.2) is 24.3 Å². The number of benzene rings is 1. The maximum Gasteiger partial charge on any atom is 0.333 e. The van der Waals surface area contributed by atoms with Gasteiger partial charge in [-0.15, -0.1) is 12.4 Å². The maximum absolute atomic E-state index is 12.4. The van der Waals surface area contributed by atoms with Crippen LogP contribution in [0.4, 0.5) is 14.9 Å². The third-order valence-corrected chi connectivity index (χ3v) is 1.23. The number of carbonyl (C=O) groups excluding carboxylic acids is 1. The molecule has 6 heteroatoms. The van der Waals surface area contributed by atoms with Crippen LogP contribution in [-0.4, -0.2) is 6.03 Å². The van der Waals surface area contributed by atoms with Gasteiger partial charge in [-0.05, 0) is 24.3 Å². The molecule has 0 radical (unpaired) electrons. The molecule has 0 spiro atoms. The van der Waals surface area contributed by atoms with Crippen molar-refractivity contribution in [1.29, 1.82) is 0 Å². The van der Waals surface area contributed by atoms with Crippen LogP contribution in [0.25, 0.3) is 0 Å². The average Bonchev–Trinajstić information content (AvgIpc) is 2.09. The second-order valence-corrected chi connectivity index (χ2v) is 2.11. The molecular weight excluding hydrogens is 197 g/mol. The number of amides is 2. The van der Waals surface area contributed by atoms with Gasteiger partial charge in [0.2, 0.25) is 0 Å². The Morgan fingerprint density at radius 3 is 2.31 bits per heavy atom. The highest BCUT2D eigenvalue weighted by atomic mass is 35.5. The lowest BCUT2D eigenvalue weighted by molar-refractivity contribution is 0.252. The largest absolute Gasteiger partial charge is 0.333 e. The zero-order valence-corrected chi connectivity index (χ0v) is 7.40. The van der Waals surface area contributed by atoms with Crippen LogP contribution in [0, 0.1) is 5.82 Å². The zero-order valence-electron chi connectivity index (χ0n) is 6.58. The van der Waals surface area contributed by atoms with Gasteiger partial charge in [0.15, 0.2) is 0 Å². The highest BCUT2D eigenvalue weighted by Gasteiger charge is 1.97. The van der Waals surface area contributed by atoms with E-state index in [9.17, 15) is 9.18 Å². The van der Waals surface area contributed by atoms with E-state index in [0.29, 0.717) is 5.69 Å². The predicted molar refractivity (Wildman–Crippen MR) is 50.0 cm³/mol. The normalized spacial score (nSPS) is 8.46. The lowest BCUT2D eigenvalue weighted by atomic mass is 10.3. The highest BCUT2D eigenvalue weighted by molar-refractivity contribution is 5.88. The van der Waals surface area contributed by atoms with E-state index in [0.717, 1.165) is 0 Å². The Labute approximate surface area is 80.7 Å². The second-order valence-electron chi connectivity index (χ2n) is 2.11. The molecule has 0 saturated heterocycles.